The zero-order valence-electron chi connectivity index (χ0n) is 20.5. The van der Waals surface area contributed by atoms with Crippen molar-refractivity contribution < 1.29 is 4.39 Å². The van der Waals surface area contributed by atoms with E-state index in [0.29, 0.717) is 5.95 Å². The largest absolute Gasteiger partial charge is 0.324 e. The lowest BCUT2D eigenvalue weighted by Gasteiger charge is -2.27. The summed E-state index contributed by atoms with van der Waals surface area (Å²) in [5.74, 6) is 0.552. The first-order chi connectivity index (χ1) is 17.7. The van der Waals surface area contributed by atoms with Crippen LogP contribution in [0.4, 0.5) is 16.0 Å². The van der Waals surface area contributed by atoms with Crippen molar-refractivity contribution in [2.24, 2.45) is 0 Å². The predicted molar refractivity (Wildman–Crippen MR) is 143 cm³/mol. The summed E-state index contributed by atoms with van der Waals surface area (Å²) in [6.45, 7) is 3.62. The van der Waals surface area contributed by atoms with Crippen molar-refractivity contribution in [2.45, 2.75) is 38.0 Å². The Balaban J connectivity index is 1.19. The smallest absolute Gasteiger partial charge is 0.227 e. The minimum Gasteiger partial charge on any atom is -0.324 e. The molecule has 1 aliphatic heterocycles. The van der Waals surface area contributed by atoms with Crippen LogP contribution in [-0.2, 0) is 12.8 Å². The van der Waals surface area contributed by atoms with Crippen LogP contribution in [0.5, 0.6) is 0 Å². The average molecular weight is 479 g/mol. The minimum absolute atomic E-state index is 0.161. The Morgan fingerprint density at radius 2 is 1.67 bits per heavy atom. The molecule has 0 radical (unpaired) electrons. The van der Waals surface area contributed by atoms with Crippen molar-refractivity contribution in [3.05, 3.63) is 107 Å². The summed E-state index contributed by atoms with van der Waals surface area (Å²) in [7, 11) is 0. The highest BCUT2D eigenvalue weighted by atomic mass is 19.1. The van der Waals surface area contributed by atoms with Crippen LogP contribution in [0.15, 0.2) is 79.0 Å². The third-order valence-electron chi connectivity index (χ3n) is 7.53. The third-order valence-corrected chi connectivity index (χ3v) is 7.53. The van der Waals surface area contributed by atoms with Crippen LogP contribution in [0.25, 0.3) is 11.3 Å². The fourth-order valence-corrected chi connectivity index (χ4v) is 5.54. The van der Waals surface area contributed by atoms with Crippen molar-refractivity contribution in [3.63, 3.8) is 0 Å². The number of aromatic nitrogens is 2. The van der Waals surface area contributed by atoms with Gasteiger partial charge in [-0.15, -0.1) is 0 Å². The number of hydrogen-bond acceptors (Lipinski definition) is 4. The molecule has 182 valence electrons. The second-order valence-electron chi connectivity index (χ2n) is 9.94. The van der Waals surface area contributed by atoms with E-state index in [2.05, 4.69) is 57.7 Å². The number of rotatable bonds is 6. The molecular formula is C31H31FN4. The Hall–Kier alpha value is -3.57. The van der Waals surface area contributed by atoms with E-state index in [0.717, 1.165) is 47.5 Å². The summed E-state index contributed by atoms with van der Waals surface area (Å²) < 4.78 is 13.5. The molecule has 1 fully saturated rings. The zero-order valence-corrected chi connectivity index (χ0v) is 20.5. The van der Waals surface area contributed by atoms with Gasteiger partial charge < -0.3 is 10.2 Å². The van der Waals surface area contributed by atoms with Gasteiger partial charge in [-0.3, -0.25) is 0 Å². The fourth-order valence-electron chi connectivity index (χ4n) is 5.54. The van der Waals surface area contributed by atoms with Gasteiger partial charge in [-0.05, 0) is 85.3 Å². The highest BCUT2D eigenvalue weighted by Crippen LogP contribution is 2.41. The first kappa shape index (κ1) is 22.9. The average Bonchev–Trinajstić information content (AvgIpc) is 2.93. The van der Waals surface area contributed by atoms with Crippen molar-refractivity contribution in [1.29, 1.82) is 0 Å². The van der Waals surface area contributed by atoms with Gasteiger partial charge in [-0.2, -0.15) is 0 Å². The van der Waals surface area contributed by atoms with Crippen LogP contribution in [0.1, 0.15) is 47.4 Å². The van der Waals surface area contributed by atoms with Gasteiger partial charge in [-0.25, -0.2) is 14.4 Å². The van der Waals surface area contributed by atoms with E-state index in [-0.39, 0.29) is 11.7 Å². The number of piperidine rings is 1. The van der Waals surface area contributed by atoms with Crippen LogP contribution in [-0.4, -0.2) is 34.5 Å². The first-order valence-corrected chi connectivity index (χ1v) is 13.0. The molecule has 1 aromatic heterocycles. The third kappa shape index (κ3) is 4.89. The lowest BCUT2D eigenvalue weighted by molar-refractivity contribution is 0.231. The molecule has 3 aromatic carbocycles. The van der Waals surface area contributed by atoms with E-state index in [1.165, 1.54) is 55.6 Å². The van der Waals surface area contributed by atoms with Crippen LogP contribution >= 0.6 is 0 Å². The molecule has 0 spiro atoms. The molecule has 6 rings (SSSR count). The molecule has 0 saturated carbocycles. The van der Waals surface area contributed by atoms with Gasteiger partial charge in [0.1, 0.15) is 5.82 Å². The Bertz CT molecular complexity index is 1330. The Morgan fingerprint density at radius 3 is 2.47 bits per heavy atom. The Kier molecular flexibility index (Phi) is 6.48. The maximum absolute atomic E-state index is 13.5. The summed E-state index contributed by atoms with van der Waals surface area (Å²) in [5, 5.41) is 3.39. The molecule has 0 amide bonds. The van der Waals surface area contributed by atoms with E-state index < -0.39 is 0 Å². The summed E-state index contributed by atoms with van der Waals surface area (Å²) in [4.78, 5) is 12.1. The highest BCUT2D eigenvalue weighted by molar-refractivity contribution is 5.73. The second-order valence-corrected chi connectivity index (χ2v) is 9.94. The maximum Gasteiger partial charge on any atom is 0.227 e. The molecule has 36 heavy (non-hydrogen) atoms. The SMILES string of the molecule is Fc1ccc(C2Cc3cnc(Nc4ccc(CCN5CCCCC5)cc4)nc3-c3ccccc32)cc1. The van der Waals surface area contributed by atoms with Crippen molar-refractivity contribution in [3.8, 4) is 11.3 Å². The van der Waals surface area contributed by atoms with E-state index in [1.54, 1.807) is 0 Å². The van der Waals surface area contributed by atoms with Crippen LogP contribution in [0, 0.1) is 5.82 Å². The van der Waals surface area contributed by atoms with Gasteiger partial charge in [0.15, 0.2) is 0 Å². The van der Waals surface area contributed by atoms with E-state index in [9.17, 15) is 4.39 Å². The van der Waals surface area contributed by atoms with Gasteiger partial charge in [0, 0.05) is 29.9 Å². The number of nitrogens with one attached hydrogen (secondary N) is 1. The molecule has 2 heterocycles. The quantitative estimate of drug-likeness (QED) is 0.333. The molecule has 4 nitrogen and oxygen atoms in total. The lowest BCUT2D eigenvalue weighted by atomic mass is 9.78. The number of fused-ring (bicyclic) bond motifs is 3. The standard InChI is InChI=1S/C31H31FN4/c32-25-12-10-23(11-13-25)29-20-24-21-33-31(35-30(24)28-7-3-2-6-27(28)29)34-26-14-8-22(9-15-26)16-19-36-17-4-1-5-18-36/h2-3,6-15,21,29H,1,4-5,16-20H2,(H,33,34,35). The predicted octanol–water partition coefficient (Wildman–Crippen LogP) is 6.74. The summed E-state index contributed by atoms with van der Waals surface area (Å²) in [5.41, 5.74) is 7.88. The van der Waals surface area contributed by atoms with Gasteiger partial charge in [0.2, 0.25) is 5.95 Å². The molecular weight excluding hydrogens is 447 g/mol. The normalized spacial score (nSPS) is 17.3. The summed E-state index contributed by atoms with van der Waals surface area (Å²) >= 11 is 0. The molecule has 1 atom stereocenters. The number of nitrogens with zero attached hydrogens (tertiary/aromatic N) is 3. The number of halogens is 1. The molecule has 2 aliphatic rings. The molecule has 1 aliphatic carbocycles. The van der Waals surface area contributed by atoms with Gasteiger partial charge in [0.05, 0.1) is 5.69 Å². The number of anilines is 2. The molecule has 1 saturated heterocycles. The zero-order chi connectivity index (χ0) is 24.3. The second kappa shape index (κ2) is 10.2. The van der Waals surface area contributed by atoms with Crippen LogP contribution in [0.2, 0.25) is 0 Å². The molecule has 1 unspecified atom stereocenters. The Labute approximate surface area is 212 Å². The van der Waals surface area contributed by atoms with E-state index in [1.807, 2.05) is 24.4 Å². The number of hydrogen-bond donors (Lipinski definition) is 1. The Morgan fingerprint density at radius 1 is 0.889 bits per heavy atom. The molecule has 5 heteroatoms. The highest BCUT2D eigenvalue weighted by Gasteiger charge is 2.27. The van der Waals surface area contributed by atoms with E-state index in [4.69, 9.17) is 4.98 Å². The monoisotopic (exact) mass is 478 g/mol. The topological polar surface area (TPSA) is 41.1 Å². The van der Waals surface area contributed by atoms with Gasteiger partial charge in [0.25, 0.3) is 0 Å². The minimum atomic E-state index is -0.211. The summed E-state index contributed by atoms with van der Waals surface area (Å²) in [6.07, 6.45) is 7.86. The van der Waals surface area contributed by atoms with E-state index >= 15 is 0 Å². The first-order valence-electron chi connectivity index (χ1n) is 13.0. The van der Waals surface area contributed by atoms with Crippen molar-refractivity contribution >= 4 is 11.6 Å². The van der Waals surface area contributed by atoms with Gasteiger partial charge >= 0.3 is 0 Å². The molecule has 4 aromatic rings. The maximum atomic E-state index is 13.5. The molecule has 1 N–H and O–H groups in total. The number of likely N-dealkylation sites (tertiary alicyclic amines) is 1. The number of benzene rings is 3. The summed E-state index contributed by atoms with van der Waals surface area (Å²) in [6, 6.07) is 23.9. The fraction of sp³-hybridized carbons (Fsp3) is 0.290. The van der Waals surface area contributed by atoms with Crippen LogP contribution in [0.3, 0.4) is 0 Å². The van der Waals surface area contributed by atoms with Crippen molar-refractivity contribution in [2.75, 3.05) is 25.0 Å². The van der Waals surface area contributed by atoms with Crippen LogP contribution < -0.4 is 5.32 Å². The lowest BCUT2D eigenvalue weighted by Crippen LogP contribution is -2.31. The van der Waals surface area contributed by atoms with Gasteiger partial charge in [-0.1, -0.05) is 55.0 Å². The molecule has 0 bridgehead atoms. The van der Waals surface area contributed by atoms with Crippen molar-refractivity contribution in [1.82, 2.24) is 14.9 Å².